The minimum atomic E-state index is -0.596. The summed E-state index contributed by atoms with van der Waals surface area (Å²) in [6, 6.07) is 18.8. The first-order valence-corrected chi connectivity index (χ1v) is 11.7. The first kappa shape index (κ1) is 23.7. The van der Waals surface area contributed by atoms with Gasteiger partial charge in [-0.05, 0) is 79.0 Å². The largest absolute Gasteiger partial charge is 0.489 e. The Morgan fingerprint density at radius 3 is 2.38 bits per heavy atom. The predicted octanol–water partition coefficient (Wildman–Crippen LogP) is 3.82. The lowest BCUT2D eigenvalue weighted by atomic mass is 10.0. The van der Waals surface area contributed by atoms with Crippen LogP contribution in [0, 0.1) is 6.92 Å². The van der Waals surface area contributed by atoms with Crippen molar-refractivity contribution in [1.82, 2.24) is 15.7 Å². The van der Waals surface area contributed by atoms with Crippen LogP contribution in [0.3, 0.4) is 0 Å². The smallest absolute Gasteiger partial charge is 0.262 e. The van der Waals surface area contributed by atoms with Crippen LogP contribution in [0.5, 0.6) is 5.75 Å². The summed E-state index contributed by atoms with van der Waals surface area (Å²) in [6.45, 7) is 4.21. The minimum Gasteiger partial charge on any atom is -0.489 e. The van der Waals surface area contributed by atoms with E-state index in [1.165, 1.54) is 16.3 Å². The number of carbonyl (C=O) groups is 2. The lowest BCUT2D eigenvalue weighted by molar-refractivity contribution is -0.135. The lowest BCUT2D eigenvalue weighted by Crippen LogP contribution is -2.53. The van der Waals surface area contributed by atoms with Crippen LogP contribution < -0.4 is 15.5 Å². The molecular weight excluding hydrogens is 430 g/mol. The maximum atomic E-state index is 12.6. The molecule has 7 nitrogen and oxygen atoms in total. The highest BCUT2D eigenvalue weighted by Gasteiger charge is 2.27. The highest BCUT2D eigenvalue weighted by Crippen LogP contribution is 2.24. The van der Waals surface area contributed by atoms with E-state index < -0.39 is 11.9 Å². The zero-order valence-electron chi connectivity index (χ0n) is 19.4. The molecule has 7 heteroatoms. The van der Waals surface area contributed by atoms with E-state index in [4.69, 9.17) is 9.94 Å². The van der Waals surface area contributed by atoms with Gasteiger partial charge in [-0.15, -0.1) is 0 Å². The van der Waals surface area contributed by atoms with Crippen molar-refractivity contribution in [1.29, 1.82) is 0 Å². The lowest BCUT2D eigenvalue weighted by Gasteiger charge is -2.33. The number of fused-ring (bicyclic) bond motifs is 1. The van der Waals surface area contributed by atoms with Gasteiger partial charge in [0.15, 0.2) is 0 Å². The van der Waals surface area contributed by atoms with Crippen molar-refractivity contribution in [2.75, 3.05) is 19.6 Å². The number of carbonyl (C=O) groups excluding carboxylic acids is 2. The number of amides is 2. The molecular formula is C27H31N3O4. The van der Waals surface area contributed by atoms with Gasteiger partial charge in [0.1, 0.15) is 18.4 Å². The maximum Gasteiger partial charge on any atom is 0.262 e. The fraction of sp³-hybridized carbons (Fsp3) is 0.333. The average Bonchev–Trinajstić information content (AvgIpc) is 2.89. The molecule has 1 atom stereocenters. The van der Waals surface area contributed by atoms with Crippen molar-refractivity contribution in [2.24, 2.45) is 0 Å². The van der Waals surface area contributed by atoms with Crippen molar-refractivity contribution < 1.29 is 19.5 Å². The van der Waals surface area contributed by atoms with E-state index in [1.54, 1.807) is 29.7 Å². The maximum absolute atomic E-state index is 12.6. The summed E-state index contributed by atoms with van der Waals surface area (Å²) in [4.78, 5) is 26.8. The van der Waals surface area contributed by atoms with Crippen LogP contribution >= 0.6 is 0 Å². The number of nitrogens with one attached hydrogen (secondary N) is 2. The Labute approximate surface area is 199 Å². The van der Waals surface area contributed by atoms with E-state index in [0.717, 1.165) is 37.9 Å². The second kappa shape index (κ2) is 11.1. The van der Waals surface area contributed by atoms with Crippen LogP contribution in [0.2, 0.25) is 0 Å². The van der Waals surface area contributed by atoms with Crippen molar-refractivity contribution in [3.05, 3.63) is 77.4 Å². The third kappa shape index (κ3) is 5.55. The van der Waals surface area contributed by atoms with Gasteiger partial charge in [-0.1, -0.05) is 42.8 Å². The Morgan fingerprint density at radius 1 is 0.971 bits per heavy atom. The third-order valence-corrected chi connectivity index (χ3v) is 6.44. The number of aryl methyl sites for hydroxylation is 1. The van der Waals surface area contributed by atoms with Crippen LogP contribution in [0.1, 0.15) is 40.7 Å². The molecule has 34 heavy (non-hydrogen) atoms. The molecule has 0 radical (unpaired) electrons. The molecule has 2 amide bonds. The molecule has 1 saturated heterocycles. The first-order valence-electron chi connectivity index (χ1n) is 11.7. The first-order chi connectivity index (χ1) is 16.6. The second-order valence-electron chi connectivity index (χ2n) is 8.70. The fourth-order valence-corrected chi connectivity index (χ4v) is 4.49. The molecule has 0 saturated carbocycles. The number of ether oxygens (including phenoxy) is 1. The van der Waals surface area contributed by atoms with Crippen molar-refractivity contribution >= 4 is 22.6 Å². The highest BCUT2D eigenvalue weighted by molar-refractivity contribution is 5.94. The molecule has 0 bridgehead atoms. The Kier molecular flexibility index (Phi) is 7.77. The van der Waals surface area contributed by atoms with E-state index in [9.17, 15) is 9.59 Å². The average molecular weight is 462 g/mol. The Hall–Kier alpha value is -3.42. The summed E-state index contributed by atoms with van der Waals surface area (Å²) >= 11 is 0. The van der Waals surface area contributed by atoms with Crippen LogP contribution in [-0.2, 0) is 11.4 Å². The zero-order chi connectivity index (χ0) is 23.9. The van der Waals surface area contributed by atoms with Gasteiger partial charge < -0.3 is 10.1 Å². The molecule has 1 aliphatic heterocycles. The standard InChI is InChI=1S/C27H31N3O4/c1-19-9-10-21(24-8-4-3-7-23(19)24)18-34-22-13-11-20(12-14-22)26(31)28-17-25(27(32)29-33)30-15-5-2-6-16-30/h3-4,7-14,25,33H,2,5-6,15-18H2,1H3,(H,28,31)(H,29,32)/t25-/m0/s1. The number of rotatable bonds is 8. The Balaban J connectivity index is 1.35. The van der Waals surface area contributed by atoms with Gasteiger partial charge >= 0.3 is 0 Å². The van der Waals surface area contributed by atoms with Gasteiger partial charge in [0, 0.05) is 12.1 Å². The SMILES string of the molecule is Cc1ccc(COc2ccc(C(=O)NC[C@@H](C(=O)NO)N3CCCCC3)cc2)c2ccccc12. The molecule has 4 rings (SSSR count). The molecule has 0 aromatic heterocycles. The summed E-state index contributed by atoms with van der Waals surface area (Å²) in [5.74, 6) is -0.106. The predicted molar refractivity (Wildman–Crippen MR) is 131 cm³/mol. The summed E-state index contributed by atoms with van der Waals surface area (Å²) in [5.41, 5.74) is 4.54. The van der Waals surface area contributed by atoms with Crippen LogP contribution in [0.25, 0.3) is 10.8 Å². The van der Waals surface area contributed by atoms with E-state index in [1.807, 2.05) is 17.0 Å². The number of hydrogen-bond acceptors (Lipinski definition) is 5. The molecule has 0 unspecified atom stereocenters. The van der Waals surface area contributed by atoms with E-state index in [0.29, 0.717) is 17.9 Å². The van der Waals surface area contributed by atoms with Crippen molar-refractivity contribution in [3.63, 3.8) is 0 Å². The van der Waals surface area contributed by atoms with Crippen LogP contribution in [0.4, 0.5) is 0 Å². The number of piperidine rings is 1. The zero-order valence-corrected chi connectivity index (χ0v) is 19.4. The number of likely N-dealkylation sites (tertiary alicyclic amines) is 1. The topological polar surface area (TPSA) is 90.9 Å². The quantitative estimate of drug-likeness (QED) is 0.351. The molecule has 3 aromatic rings. The molecule has 3 N–H and O–H groups in total. The van der Waals surface area contributed by atoms with Crippen molar-refractivity contribution in [2.45, 2.75) is 38.8 Å². The molecule has 0 spiro atoms. The van der Waals surface area contributed by atoms with Gasteiger partial charge in [0.2, 0.25) is 0 Å². The van der Waals surface area contributed by atoms with E-state index >= 15 is 0 Å². The third-order valence-electron chi connectivity index (χ3n) is 6.44. The fourth-order valence-electron chi connectivity index (χ4n) is 4.49. The minimum absolute atomic E-state index is 0.129. The summed E-state index contributed by atoms with van der Waals surface area (Å²) < 4.78 is 5.98. The molecule has 1 heterocycles. The molecule has 1 aliphatic rings. The van der Waals surface area contributed by atoms with Gasteiger partial charge in [0.05, 0.1) is 0 Å². The van der Waals surface area contributed by atoms with Crippen LogP contribution in [-0.4, -0.2) is 47.6 Å². The number of hydroxylamine groups is 1. The Bertz CT molecular complexity index is 1140. The molecule has 178 valence electrons. The van der Waals surface area contributed by atoms with Gasteiger partial charge in [-0.3, -0.25) is 19.7 Å². The van der Waals surface area contributed by atoms with Crippen LogP contribution in [0.15, 0.2) is 60.7 Å². The number of benzene rings is 3. The van der Waals surface area contributed by atoms with Crippen molar-refractivity contribution in [3.8, 4) is 5.75 Å². The number of hydrogen-bond donors (Lipinski definition) is 3. The molecule has 0 aliphatic carbocycles. The van der Waals surface area contributed by atoms with Gasteiger partial charge in [-0.2, -0.15) is 0 Å². The summed E-state index contributed by atoms with van der Waals surface area (Å²) in [7, 11) is 0. The second-order valence-corrected chi connectivity index (χ2v) is 8.70. The summed E-state index contributed by atoms with van der Waals surface area (Å²) in [6.07, 6.45) is 3.14. The highest BCUT2D eigenvalue weighted by atomic mass is 16.5. The molecule has 3 aromatic carbocycles. The van der Waals surface area contributed by atoms with Gasteiger partial charge in [0.25, 0.3) is 11.8 Å². The van der Waals surface area contributed by atoms with E-state index in [-0.39, 0.29) is 12.5 Å². The monoisotopic (exact) mass is 461 g/mol. The Morgan fingerprint density at radius 2 is 1.68 bits per heavy atom. The normalized spacial score (nSPS) is 15.0. The summed E-state index contributed by atoms with van der Waals surface area (Å²) in [5, 5.41) is 14.3. The van der Waals surface area contributed by atoms with Gasteiger partial charge in [-0.25, -0.2) is 5.48 Å². The number of nitrogens with zero attached hydrogens (tertiary/aromatic N) is 1. The van der Waals surface area contributed by atoms with E-state index in [2.05, 4.69) is 36.5 Å². The molecule has 1 fully saturated rings.